The lowest BCUT2D eigenvalue weighted by molar-refractivity contribution is 0.0204. The normalized spacial score (nSPS) is 16.7. The van der Waals surface area contributed by atoms with Crippen LogP contribution in [0.4, 0.5) is 18.0 Å². The van der Waals surface area contributed by atoms with Crippen LogP contribution in [0.15, 0.2) is 12.1 Å². The Hall–Kier alpha value is -1.72. The van der Waals surface area contributed by atoms with Gasteiger partial charge in [0.15, 0.2) is 0 Å². The van der Waals surface area contributed by atoms with Gasteiger partial charge in [0.1, 0.15) is 23.1 Å². The predicted octanol–water partition coefficient (Wildman–Crippen LogP) is 4.22. The van der Waals surface area contributed by atoms with Gasteiger partial charge in [-0.2, -0.15) is 0 Å². The van der Waals surface area contributed by atoms with Crippen LogP contribution < -0.4 is 0 Å². The van der Waals surface area contributed by atoms with Crippen molar-refractivity contribution in [3.05, 3.63) is 35.1 Å². The van der Waals surface area contributed by atoms with E-state index in [-0.39, 0.29) is 11.5 Å². The number of hydrogen-bond donors (Lipinski definition) is 0. The summed E-state index contributed by atoms with van der Waals surface area (Å²) in [6.07, 6.45) is 0.406. The minimum atomic E-state index is -0.926. The van der Waals surface area contributed by atoms with Crippen molar-refractivity contribution in [2.45, 2.75) is 45.1 Å². The fourth-order valence-electron chi connectivity index (χ4n) is 2.62. The highest BCUT2D eigenvalue weighted by molar-refractivity contribution is 5.68. The van der Waals surface area contributed by atoms with Gasteiger partial charge in [-0.1, -0.05) is 0 Å². The van der Waals surface area contributed by atoms with Gasteiger partial charge >= 0.3 is 6.09 Å². The first-order valence-corrected chi connectivity index (χ1v) is 7.30. The minimum absolute atomic E-state index is 0.0924. The molecule has 0 unspecified atom stereocenters. The van der Waals surface area contributed by atoms with Crippen molar-refractivity contribution in [3.8, 4) is 0 Å². The molecule has 1 aromatic rings. The zero-order chi connectivity index (χ0) is 16.5. The first-order chi connectivity index (χ1) is 10.2. The molecule has 22 heavy (non-hydrogen) atoms. The van der Waals surface area contributed by atoms with Gasteiger partial charge in [0, 0.05) is 30.8 Å². The summed E-state index contributed by atoms with van der Waals surface area (Å²) in [4.78, 5) is 13.5. The van der Waals surface area contributed by atoms with Crippen LogP contribution in [0.5, 0.6) is 0 Å². The van der Waals surface area contributed by atoms with Gasteiger partial charge in [-0.25, -0.2) is 18.0 Å². The van der Waals surface area contributed by atoms with E-state index in [1.54, 1.807) is 20.8 Å². The van der Waals surface area contributed by atoms with Crippen molar-refractivity contribution in [3.63, 3.8) is 0 Å². The molecule has 0 N–H and O–H groups in total. The molecule has 0 spiro atoms. The monoisotopic (exact) mass is 315 g/mol. The van der Waals surface area contributed by atoms with Crippen LogP contribution in [0, 0.1) is 17.5 Å². The van der Waals surface area contributed by atoms with Crippen molar-refractivity contribution >= 4 is 6.09 Å². The fourth-order valence-corrected chi connectivity index (χ4v) is 2.62. The largest absolute Gasteiger partial charge is 0.444 e. The Bertz CT molecular complexity index is 538. The molecule has 1 aromatic carbocycles. The Balaban J connectivity index is 2.02. The standard InChI is InChI=1S/C16H20F3NO2/c1-16(2,3)22-15(21)20-6-4-10(5-7-20)14-12(18)8-11(17)9-13(14)19/h8-10H,4-7H2,1-3H3. The molecule has 2 rings (SSSR count). The molecule has 1 amide bonds. The summed E-state index contributed by atoms with van der Waals surface area (Å²) >= 11 is 0. The number of benzene rings is 1. The van der Waals surface area contributed by atoms with E-state index in [0.717, 1.165) is 0 Å². The Kier molecular flexibility index (Phi) is 4.68. The molecule has 0 bridgehead atoms. The van der Waals surface area contributed by atoms with E-state index in [1.807, 2.05) is 0 Å². The summed E-state index contributed by atoms with van der Waals surface area (Å²) in [6, 6.07) is 1.39. The van der Waals surface area contributed by atoms with Crippen molar-refractivity contribution in [1.29, 1.82) is 0 Å². The van der Waals surface area contributed by atoms with Crippen LogP contribution in [0.2, 0.25) is 0 Å². The molecule has 1 aliphatic rings. The zero-order valence-corrected chi connectivity index (χ0v) is 13.0. The number of carbonyl (C=O) groups excluding carboxylic acids is 1. The predicted molar refractivity (Wildman–Crippen MR) is 76.1 cm³/mol. The lowest BCUT2D eigenvalue weighted by atomic mass is 9.88. The number of hydrogen-bond acceptors (Lipinski definition) is 2. The van der Waals surface area contributed by atoms with E-state index in [9.17, 15) is 18.0 Å². The number of likely N-dealkylation sites (tertiary alicyclic amines) is 1. The van der Waals surface area contributed by atoms with Gasteiger partial charge in [0.2, 0.25) is 0 Å². The first-order valence-electron chi connectivity index (χ1n) is 7.30. The molecule has 6 heteroatoms. The molecule has 122 valence electrons. The minimum Gasteiger partial charge on any atom is -0.444 e. The van der Waals surface area contributed by atoms with Crippen molar-refractivity contribution in [2.24, 2.45) is 0 Å². The molecule has 3 nitrogen and oxygen atoms in total. The molecule has 1 aliphatic heterocycles. The SMILES string of the molecule is CC(C)(C)OC(=O)N1CCC(c2c(F)cc(F)cc2F)CC1. The average Bonchev–Trinajstić information content (AvgIpc) is 2.36. The zero-order valence-electron chi connectivity index (χ0n) is 13.0. The molecule has 0 aromatic heterocycles. The Labute approximate surface area is 128 Å². The third kappa shape index (κ3) is 3.93. The fraction of sp³-hybridized carbons (Fsp3) is 0.562. The molecule has 0 aliphatic carbocycles. The van der Waals surface area contributed by atoms with Crippen LogP contribution in [-0.2, 0) is 4.74 Å². The van der Waals surface area contributed by atoms with Gasteiger partial charge in [-0.15, -0.1) is 0 Å². The van der Waals surface area contributed by atoms with E-state index in [2.05, 4.69) is 0 Å². The van der Waals surface area contributed by atoms with Gasteiger partial charge in [-0.05, 0) is 39.5 Å². The van der Waals surface area contributed by atoms with Crippen LogP contribution in [0.1, 0.15) is 45.1 Å². The molecule has 1 saturated heterocycles. The highest BCUT2D eigenvalue weighted by Crippen LogP contribution is 2.32. The van der Waals surface area contributed by atoms with Gasteiger partial charge in [0.25, 0.3) is 0 Å². The molecular weight excluding hydrogens is 295 g/mol. The quantitative estimate of drug-likeness (QED) is 0.776. The number of halogens is 3. The summed E-state index contributed by atoms with van der Waals surface area (Å²) in [6.45, 7) is 6.05. The van der Waals surface area contributed by atoms with E-state index in [1.165, 1.54) is 4.90 Å². The number of nitrogens with zero attached hydrogens (tertiary/aromatic N) is 1. The van der Waals surface area contributed by atoms with Crippen LogP contribution in [0.3, 0.4) is 0 Å². The Morgan fingerprint density at radius 2 is 1.64 bits per heavy atom. The maximum atomic E-state index is 13.8. The maximum absolute atomic E-state index is 13.8. The smallest absolute Gasteiger partial charge is 0.410 e. The molecule has 0 radical (unpaired) electrons. The van der Waals surface area contributed by atoms with Gasteiger partial charge in [-0.3, -0.25) is 0 Å². The highest BCUT2D eigenvalue weighted by atomic mass is 19.1. The van der Waals surface area contributed by atoms with Gasteiger partial charge < -0.3 is 9.64 Å². The second-order valence-electron chi connectivity index (χ2n) is 6.52. The first kappa shape index (κ1) is 16.6. The second-order valence-corrected chi connectivity index (χ2v) is 6.52. The lowest BCUT2D eigenvalue weighted by Crippen LogP contribution is -2.41. The topological polar surface area (TPSA) is 29.5 Å². The summed E-state index contributed by atoms with van der Waals surface area (Å²) in [5.74, 6) is -3.02. The number of amides is 1. The lowest BCUT2D eigenvalue weighted by Gasteiger charge is -2.33. The Morgan fingerprint density at radius 1 is 1.14 bits per heavy atom. The van der Waals surface area contributed by atoms with Crippen molar-refractivity contribution in [1.82, 2.24) is 4.90 Å². The molecule has 0 atom stereocenters. The van der Waals surface area contributed by atoms with E-state index in [4.69, 9.17) is 4.74 Å². The summed E-state index contributed by atoms with van der Waals surface area (Å²) in [5, 5.41) is 0. The number of piperidine rings is 1. The second kappa shape index (κ2) is 6.18. The average molecular weight is 315 g/mol. The van der Waals surface area contributed by atoms with E-state index in [0.29, 0.717) is 38.1 Å². The number of carbonyl (C=O) groups is 1. The number of rotatable bonds is 1. The van der Waals surface area contributed by atoms with Crippen molar-refractivity contribution < 1.29 is 22.7 Å². The van der Waals surface area contributed by atoms with Crippen LogP contribution in [-0.4, -0.2) is 29.7 Å². The maximum Gasteiger partial charge on any atom is 0.410 e. The van der Waals surface area contributed by atoms with Crippen LogP contribution >= 0.6 is 0 Å². The highest BCUT2D eigenvalue weighted by Gasteiger charge is 2.30. The van der Waals surface area contributed by atoms with Crippen molar-refractivity contribution in [2.75, 3.05) is 13.1 Å². The summed E-state index contributed by atoms with van der Waals surface area (Å²) in [5.41, 5.74) is -0.673. The molecule has 1 heterocycles. The Morgan fingerprint density at radius 3 is 2.09 bits per heavy atom. The van der Waals surface area contributed by atoms with E-state index < -0.39 is 29.1 Å². The molecule has 0 saturated carbocycles. The van der Waals surface area contributed by atoms with Gasteiger partial charge in [0.05, 0.1) is 0 Å². The third-order valence-electron chi connectivity index (χ3n) is 3.60. The van der Waals surface area contributed by atoms with Crippen LogP contribution in [0.25, 0.3) is 0 Å². The summed E-state index contributed by atoms with van der Waals surface area (Å²) < 4.78 is 45.8. The van der Waals surface area contributed by atoms with E-state index >= 15 is 0 Å². The molecule has 1 fully saturated rings. The number of ether oxygens (including phenoxy) is 1. The third-order valence-corrected chi connectivity index (χ3v) is 3.60. The summed E-state index contributed by atoms with van der Waals surface area (Å²) in [7, 11) is 0. The molecular formula is C16H20F3NO2.